The monoisotopic (exact) mass is 347 g/mol. The van der Waals surface area contributed by atoms with E-state index >= 15 is 0 Å². The zero-order chi connectivity index (χ0) is 17.8. The van der Waals surface area contributed by atoms with Gasteiger partial charge >= 0.3 is 0 Å². The summed E-state index contributed by atoms with van der Waals surface area (Å²) >= 11 is 0. The molecule has 4 saturated carbocycles. The summed E-state index contributed by atoms with van der Waals surface area (Å²) < 4.78 is 0. The second-order valence-corrected chi connectivity index (χ2v) is 8.96. The molecule has 4 rings (SSSR count). The van der Waals surface area contributed by atoms with Gasteiger partial charge in [0, 0.05) is 25.2 Å². The van der Waals surface area contributed by atoms with Crippen molar-refractivity contribution >= 4 is 17.3 Å². The lowest BCUT2D eigenvalue weighted by molar-refractivity contribution is -0.142. The Kier molecular flexibility index (Phi) is 4.06. The first-order chi connectivity index (χ1) is 12.0. The largest absolute Gasteiger partial charge is 0.399 e. The fourth-order valence-electron chi connectivity index (χ4n) is 6.95. The summed E-state index contributed by atoms with van der Waals surface area (Å²) in [6.45, 7) is 2.31. The van der Waals surface area contributed by atoms with E-state index in [1.807, 2.05) is 0 Å². The molecule has 0 aromatic rings. The summed E-state index contributed by atoms with van der Waals surface area (Å²) in [6, 6.07) is 0. The van der Waals surface area contributed by atoms with E-state index in [2.05, 4.69) is 12.1 Å². The second-order valence-electron chi connectivity index (χ2n) is 8.96. The highest BCUT2D eigenvalue weighted by molar-refractivity contribution is 5.94. The average Bonchev–Trinajstić information content (AvgIpc) is 2.94. The van der Waals surface area contributed by atoms with Gasteiger partial charge in [-0.1, -0.05) is 12.1 Å². The molecular weight excluding hydrogens is 318 g/mol. The van der Waals surface area contributed by atoms with E-state index in [0.29, 0.717) is 36.9 Å². The summed E-state index contributed by atoms with van der Waals surface area (Å²) in [5.74, 6) is 1.90. The standard InChI is InChI=1S/C20H29NO4/c1-19-7-5-12(23)9-16(19)17(21-25-2)10-13-14(19)6-8-20(11-22)15(13)3-4-18(20)24/h13-16,22H,3-11H2,1-2H3/t13-,14+,15+,16?,19-,20-/m1/s1. The molecule has 1 unspecified atom stereocenters. The number of aliphatic hydroxyl groups is 1. The summed E-state index contributed by atoms with van der Waals surface area (Å²) in [4.78, 5) is 29.8. The van der Waals surface area contributed by atoms with Gasteiger partial charge in [-0.25, -0.2) is 0 Å². The Balaban J connectivity index is 1.74. The van der Waals surface area contributed by atoms with Gasteiger partial charge in [0.2, 0.25) is 0 Å². The first-order valence-corrected chi connectivity index (χ1v) is 9.72. The number of ketones is 2. The third-order valence-corrected chi connectivity index (χ3v) is 8.24. The van der Waals surface area contributed by atoms with Crippen molar-refractivity contribution in [2.24, 2.45) is 39.7 Å². The number of Topliss-reactive ketones (excluding diaryl/α,β-unsaturated/α-hetero) is 2. The van der Waals surface area contributed by atoms with E-state index in [9.17, 15) is 14.7 Å². The lowest BCUT2D eigenvalue weighted by atomic mass is 9.44. The van der Waals surface area contributed by atoms with Crippen LogP contribution in [-0.2, 0) is 14.4 Å². The molecule has 0 radical (unpaired) electrons. The smallest absolute Gasteiger partial charge is 0.141 e. The number of rotatable bonds is 2. The van der Waals surface area contributed by atoms with Crippen LogP contribution in [0.3, 0.4) is 0 Å². The molecule has 0 amide bonds. The highest BCUT2D eigenvalue weighted by Gasteiger charge is 2.63. The Bertz CT molecular complexity index is 629. The Morgan fingerprint density at radius 2 is 1.96 bits per heavy atom. The van der Waals surface area contributed by atoms with Crippen molar-refractivity contribution in [2.45, 2.75) is 58.3 Å². The number of carbonyl (C=O) groups excluding carboxylic acids is 2. The van der Waals surface area contributed by atoms with E-state index in [1.54, 1.807) is 7.11 Å². The fraction of sp³-hybridized carbons (Fsp3) is 0.850. The van der Waals surface area contributed by atoms with Crippen LogP contribution in [0.15, 0.2) is 5.16 Å². The van der Waals surface area contributed by atoms with Gasteiger partial charge in [-0.2, -0.15) is 0 Å². The summed E-state index contributed by atoms with van der Waals surface area (Å²) in [7, 11) is 1.57. The van der Waals surface area contributed by atoms with E-state index < -0.39 is 5.41 Å². The van der Waals surface area contributed by atoms with Crippen molar-refractivity contribution in [1.82, 2.24) is 0 Å². The molecule has 1 N–H and O–H groups in total. The van der Waals surface area contributed by atoms with Gasteiger partial charge in [0.1, 0.15) is 18.7 Å². The maximum absolute atomic E-state index is 12.6. The van der Waals surface area contributed by atoms with Crippen LogP contribution in [0.1, 0.15) is 58.3 Å². The van der Waals surface area contributed by atoms with Gasteiger partial charge in [0.05, 0.1) is 17.7 Å². The van der Waals surface area contributed by atoms with Crippen molar-refractivity contribution in [1.29, 1.82) is 0 Å². The Labute approximate surface area is 149 Å². The first-order valence-electron chi connectivity index (χ1n) is 9.72. The van der Waals surface area contributed by atoms with E-state index in [4.69, 9.17) is 4.84 Å². The van der Waals surface area contributed by atoms with Crippen LogP contribution >= 0.6 is 0 Å². The molecule has 0 spiro atoms. The Hall–Kier alpha value is -1.23. The minimum Gasteiger partial charge on any atom is -0.399 e. The molecule has 5 heteroatoms. The number of hydrogen-bond donors (Lipinski definition) is 1. The predicted molar refractivity (Wildman–Crippen MR) is 93.0 cm³/mol. The summed E-state index contributed by atoms with van der Waals surface area (Å²) in [6.07, 6.45) is 6.24. The van der Waals surface area contributed by atoms with Crippen molar-refractivity contribution in [3.63, 3.8) is 0 Å². The SMILES string of the molecule is CON=C1C[C@H]2[C@@H]3CCC(=O)[C@@]3(CO)CC[C@@H]2[C@@]2(C)CCC(=O)CC12. The van der Waals surface area contributed by atoms with Crippen molar-refractivity contribution < 1.29 is 19.5 Å². The van der Waals surface area contributed by atoms with Crippen molar-refractivity contribution in [3.05, 3.63) is 0 Å². The van der Waals surface area contributed by atoms with Gasteiger partial charge in [-0.05, 0) is 55.3 Å². The average molecular weight is 347 g/mol. The molecule has 4 aliphatic carbocycles. The first kappa shape index (κ1) is 17.2. The van der Waals surface area contributed by atoms with Crippen LogP contribution in [0.25, 0.3) is 0 Å². The van der Waals surface area contributed by atoms with E-state index in [1.165, 1.54) is 0 Å². The highest BCUT2D eigenvalue weighted by Crippen LogP contribution is 2.64. The number of oxime groups is 1. The number of fused-ring (bicyclic) bond motifs is 5. The number of hydrogen-bond acceptors (Lipinski definition) is 5. The zero-order valence-electron chi connectivity index (χ0n) is 15.3. The van der Waals surface area contributed by atoms with Crippen molar-refractivity contribution in [3.8, 4) is 0 Å². The normalized spacial score (nSPS) is 48.0. The number of carbonyl (C=O) groups is 2. The molecule has 0 bridgehead atoms. The molecule has 25 heavy (non-hydrogen) atoms. The van der Waals surface area contributed by atoms with Crippen LogP contribution < -0.4 is 0 Å². The third kappa shape index (κ3) is 2.27. The maximum Gasteiger partial charge on any atom is 0.141 e. The Morgan fingerprint density at radius 3 is 2.68 bits per heavy atom. The van der Waals surface area contributed by atoms with Crippen LogP contribution in [-0.4, -0.2) is 36.1 Å². The molecular formula is C20H29NO4. The third-order valence-electron chi connectivity index (χ3n) is 8.24. The summed E-state index contributed by atoms with van der Waals surface area (Å²) in [5.41, 5.74) is 0.543. The van der Waals surface area contributed by atoms with Gasteiger partial charge < -0.3 is 9.94 Å². The van der Waals surface area contributed by atoms with Gasteiger partial charge in [0.15, 0.2) is 0 Å². The number of aliphatic hydroxyl groups excluding tert-OH is 1. The van der Waals surface area contributed by atoms with Crippen LogP contribution in [0.2, 0.25) is 0 Å². The second kappa shape index (κ2) is 5.90. The molecule has 5 nitrogen and oxygen atoms in total. The molecule has 4 aliphatic rings. The Morgan fingerprint density at radius 1 is 1.16 bits per heavy atom. The fourth-order valence-corrected chi connectivity index (χ4v) is 6.95. The van der Waals surface area contributed by atoms with Crippen LogP contribution in [0, 0.1) is 34.5 Å². The molecule has 0 heterocycles. The van der Waals surface area contributed by atoms with E-state index in [-0.39, 0.29) is 29.6 Å². The highest BCUT2D eigenvalue weighted by atomic mass is 16.6. The van der Waals surface area contributed by atoms with Gasteiger partial charge in [-0.3, -0.25) is 9.59 Å². The lowest BCUT2D eigenvalue weighted by Gasteiger charge is -2.59. The topological polar surface area (TPSA) is 76.0 Å². The minimum atomic E-state index is -0.521. The molecule has 4 fully saturated rings. The molecule has 6 atom stereocenters. The van der Waals surface area contributed by atoms with Gasteiger partial charge in [0.25, 0.3) is 0 Å². The molecule has 0 aromatic heterocycles. The van der Waals surface area contributed by atoms with Crippen LogP contribution in [0.4, 0.5) is 0 Å². The van der Waals surface area contributed by atoms with E-state index in [0.717, 1.165) is 37.8 Å². The van der Waals surface area contributed by atoms with Gasteiger partial charge in [-0.15, -0.1) is 0 Å². The van der Waals surface area contributed by atoms with Crippen LogP contribution in [0.5, 0.6) is 0 Å². The maximum atomic E-state index is 12.6. The quantitative estimate of drug-likeness (QED) is 0.779. The van der Waals surface area contributed by atoms with Crippen molar-refractivity contribution in [2.75, 3.05) is 13.7 Å². The molecule has 0 aliphatic heterocycles. The predicted octanol–water partition coefficient (Wildman–Crippen LogP) is 2.75. The molecule has 138 valence electrons. The lowest BCUT2D eigenvalue weighted by Crippen LogP contribution is -2.57. The molecule has 0 aromatic carbocycles. The zero-order valence-corrected chi connectivity index (χ0v) is 15.3. The molecule has 0 saturated heterocycles. The minimum absolute atomic E-state index is 0.0187. The number of nitrogens with zero attached hydrogens (tertiary/aromatic N) is 1. The summed E-state index contributed by atoms with van der Waals surface area (Å²) in [5, 5.41) is 14.4.